The quantitative estimate of drug-likeness (QED) is 0.255. The van der Waals surface area contributed by atoms with Crippen molar-refractivity contribution in [2.24, 2.45) is 76.4 Å². The third-order valence-corrected chi connectivity index (χ3v) is 11.2. The van der Waals surface area contributed by atoms with Crippen LogP contribution in [0.15, 0.2) is 0 Å². The minimum atomic E-state index is 0.482. The zero-order valence-electron chi connectivity index (χ0n) is 24.5. The van der Waals surface area contributed by atoms with Gasteiger partial charge in [-0.25, -0.2) is 0 Å². The van der Waals surface area contributed by atoms with E-state index < -0.39 is 0 Å². The first-order chi connectivity index (χ1) is 15.5. The van der Waals surface area contributed by atoms with Gasteiger partial charge in [-0.1, -0.05) is 94.9 Å². The van der Waals surface area contributed by atoms with Gasteiger partial charge < -0.3 is 0 Å². The molecule has 0 aromatic carbocycles. The van der Waals surface area contributed by atoms with E-state index in [0.717, 1.165) is 71.0 Å². The lowest BCUT2D eigenvalue weighted by Crippen LogP contribution is -2.54. The summed E-state index contributed by atoms with van der Waals surface area (Å²) in [6, 6.07) is 0. The fraction of sp³-hybridized carbons (Fsp3) is 1.00. The topological polar surface area (TPSA) is 0 Å². The van der Waals surface area contributed by atoms with Gasteiger partial charge in [-0.2, -0.15) is 0 Å². The smallest absolute Gasteiger partial charge is 0.0316 e. The van der Waals surface area contributed by atoms with E-state index in [9.17, 15) is 0 Å². The Kier molecular flexibility index (Phi) is 9.51. The van der Waals surface area contributed by atoms with Gasteiger partial charge in [0.2, 0.25) is 0 Å². The molecule has 0 radical (unpaired) electrons. The normalized spacial score (nSPS) is 38.6. The molecule has 0 amide bonds. The van der Waals surface area contributed by atoms with Crippen molar-refractivity contribution in [3.63, 3.8) is 0 Å². The zero-order valence-corrected chi connectivity index (χ0v) is 24.5. The molecule has 0 heteroatoms. The summed E-state index contributed by atoms with van der Waals surface area (Å²) in [5.41, 5.74) is 0.482. The van der Waals surface area contributed by atoms with Crippen LogP contribution in [0.3, 0.4) is 0 Å². The lowest BCUT2D eigenvalue weighted by molar-refractivity contribution is -0.110. The first-order valence-electron chi connectivity index (χ1n) is 15.5. The van der Waals surface area contributed by atoms with Gasteiger partial charge in [-0.05, 0) is 115 Å². The molecular formula is C33H62. The Balaban J connectivity index is 1.68. The third kappa shape index (κ3) is 6.23. The Morgan fingerprint density at radius 2 is 1.52 bits per heavy atom. The summed E-state index contributed by atoms with van der Waals surface area (Å²) in [6.07, 6.45) is 14.7. The van der Waals surface area contributed by atoms with Crippen molar-refractivity contribution in [2.45, 2.75) is 133 Å². The van der Waals surface area contributed by atoms with Crippen molar-refractivity contribution in [3.05, 3.63) is 0 Å². The van der Waals surface area contributed by atoms with Gasteiger partial charge in [-0.15, -0.1) is 0 Å². The van der Waals surface area contributed by atoms with Crippen LogP contribution in [0.25, 0.3) is 0 Å². The fourth-order valence-electron chi connectivity index (χ4n) is 10.0. The van der Waals surface area contributed by atoms with E-state index >= 15 is 0 Å². The molecule has 0 heterocycles. The van der Waals surface area contributed by atoms with Crippen LogP contribution in [0.2, 0.25) is 0 Å². The molecule has 0 N–H and O–H groups in total. The second kappa shape index (κ2) is 11.4. The van der Waals surface area contributed by atoms with Crippen molar-refractivity contribution in [1.29, 1.82) is 0 Å². The largest absolute Gasteiger partial charge is 0.0654 e. The first-order valence-corrected chi connectivity index (χ1v) is 15.5. The first kappa shape index (κ1) is 27.6. The summed E-state index contributed by atoms with van der Waals surface area (Å²) >= 11 is 0. The second-order valence-electron chi connectivity index (χ2n) is 15.1. The van der Waals surface area contributed by atoms with Crippen LogP contribution in [-0.2, 0) is 0 Å². The van der Waals surface area contributed by atoms with Crippen LogP contribution in [0.4, 0.5) is 0 Å². The summed E-state index contributed by atoms with van der Waals surface area (Å²) in [5.74, 6) is 12.0. The highest BCUT2D eigenvalue weighted by Crippen LogP contribution is 2.69. The molecule has 11 unspecified atom stereocenters. The van der Waals surface area contributed by atoms with Crippen LogP contribution in [0, 0.1) is 76.4 Å². The maximum Gasteiger partial charge on any atom is -0.0316 e. The van der Waals surface area contributed by atoms with Gasteiger partial charge in [0.1, 0.15) is 0 Å². The van der Waals surface area contributed by atoms with E-state index in [1.807, 2.05) is 0 Å². The van der Waals surface area contributed by atoms with E-state index in [0.29, 0.717) is 5.41 Å². The molecule has 11 atom stereocenters. The molecule has 3 aliphatic rings. The van der Waals surface area contributed by atoms with Gasteiger partial charge in [0.15, 0.2) is 0 Å². The molecule has 0 spiro atoms. The van der Waals surface area contributed by atoms with Gasteiger partial charge in [-0.3, -0.25) is 0 Å². The highest BCUT2D eigenvalue weighted by atomic mass is 14.7. The molecule has 3 aliphatic carbocycles. The summed E-state index contributed by atoms with van der Waals surface area (Å²) < 4.78 is 0. The average molecular weight is 459 g/mol. The van der Waals surface area contributed by atoms with E-state index in [2.05, 4.69) is 69.2 Å². The minimum absolute atomic E-state index is 0.482. The number of hydrogen-bond donors (Lipinski definition) is 0. The standard InChI is InChI=1S/C33H62/c1-11-13-14-15-28(21(3)4)22(5)16-26-17-23(6)30-24(7)31-27(19-29(26)32(30)31)18-25(12-2)20-33(8,9)10/h21-32H,11-20H2,1-10H3. The molecule has 0 aliphatic heterocycles. The lowest BCUT2D eigenvalue weighted by Gasteiger charge is -2.59. The number of rotatable bonds is 12. The molecule has 3 rings (SSSR count). The molecule has 0 saturated heterocycles. The summed E-state index contributed by atoms with van der Waals surface area (Å²) in [7, 11) is 0. The number of hydrogen-bond acceptors (Lipinski definition) is 0. The number of unbranched alkanes of at least 4 members (excludes halogenated alkanes) is 2. The molecule has 0 bridgehead atoms. The van der Waals surface area contributed by atoms with E-state index in [4.69, 9.17) is 0 Å². The van der Waals surface area contributed by atoms with Crippen LogP contribution in [0.5, 0.6) is 0 Å². The van der Waals surface area contributed by atoms with Gasteiger partial charge in [0.05, 0.1) is 0 Å². The summed E-state index contributed by atoms with van der Waals surface area (Å²) in [6.45, 7) is 25.1. The van der Waals surface area contributed by atoms with Crippen LogP contribution < -0.4 is 0 Å². The Bertz CT molecular complexity index is 581. The van der Waals surface area contributed by atoms with Crippen molar-refractivity contribution in [3.8, 4) is 0 Å². The zero-order chi connectivity index (χ0) is 24.5. The van der Waals surface area contributed by atoms with Crippen molar-refractivity contribution < 1.29 is 0 Å². The minimum Gasteiger partial charge on any atom is -0.0654 e. The molecule has 3 saturated carbocycles. The Morgan fingerprint density at radius 3 is 2.09 bits per heavy atom. The molecular weight excluding hydrogens is 396 g/mol. The molecule has 0 nitrogen and oxygen atoms in total. The molecule has 0 aromatic rings. The summed E-state index contributed by atoms with van der Waals surface area (Å²) in [4.78, 5) is 0. The SMILES string of the molecule is CCCCCC(C(C)C)C(C)CC1CC(C)C2C(C)C3C(CC(CC)CC(C)(C)C)CC1C23. The van der Waals surface area contributed by atoms with Gasteiger partial charge in [0, 0.05) is 0 Å². The molecule has 194 valence electrons. The van der Waals surface area contributed by atoms with Gasteiger partial charge in [0.25, 0.3) is 0 Å². The van der Waals surface area contributed by atoms with Crippen LogP contribution in [0.1, 0.15) is 133 Å². The average Bonchev–Trinajstić information content (AvgIpc) is 3.04. The highest BCUT2D eigenvalue weighted by molar-refractivity contribution is 5.11. The van der Waals surface area contributed by atoms with Crippen molar-refractivity contribution >= 4 is 0 Å². The van der Waals surface area contributed by atoms with Gasteiger partial charge >= 0.3 is 0 Å². The van der Waals surface area contributed by atoms with E-state index in [-0.39, 0.29) is 0 Å². The van der Waals surface area contributed by atoms with Crippen molar-refractivity contribution in [1.82, 2.24) is 0 Å². The maximum absolute atomic E-state index is 2.65. The summed E-state index contributed by atoms with van der Waals surface area (Å²) in [5, 5.41) is 0. The third-order valence-electron chi connectivity index (χ3n) is 11.2. The predicted octanol–water partition coefficient (Wildman–Crippen LogP) is 10.5. The monoisotopic (exact) mass is 458 g/mol. The van der Waals surface area contributed by atoms with E-state index in [1.165, 1.54) is 51.4 Å². The second-order valence-corrected chi connectivity index (χ2v) is 15.1. The maximum atomic E-state index is 2.65. The predicted molar refractivity (Wildman–Crippen MR) is 147 cm³/mol. The molecule has 0 aromatic heterocycles. The molecule has 33 heavy (non-hydrogen) atoms. The Hall–Kier alpha value is 0. The highest BCUT2D eigenvalue weighted by Gasteiger charge is 2.63. The Morgan fingerprint density at radius 1 is 0.818 bits per heavy atom. The van der Waals surface area contributed by atoms with Crippen molar-refractivity contribution in [2.75, 3.05) is 0 Å². The Labute approximate surface area is 209 Å². The van der Waals surface area contributed by atoms with Crippen LogP contribution in [-0.4, -0.2) is 0 Å². The lowest BCUT2D eigenvalue weighted by atomic mass is 9.46. The van der Waals surface area contributed by atoms with Crippen LogP contribution >= 0.6 is 0 Å². The van der Waals surface area contributed by atoms with E-state index in [1.54, 1.807) is 12.8 Å². The fourth-order valence-corrected chi connectivity index (χ4v) is 10.0. The molecule has 3 fully saturated rings.